The number of piperidine rings is 1. The lowest BCUT2D eigenvalue weighted by molar-refractivity contribution is -0.352. The van der Waals surface area contributed by atoms with Crippen LogP contribution in [0.4, 0.5) is 26.3 Å². The minimum atomic E-state index is -4.67. The first-order valence-corrected chi connectivity index (χ1v) is 11.4. The summed E-state index contributed by atoms with van der Waals surface area (Å²) in [6, 6.07) is 2.36. The largest absolute Gasteiger partial charge is 0.522 e. The standard InChI is InChI=1S/C21H21ClF6N4O4/c22-15-7-12(2-3-14(15)20(23,24)25)34-9-17(33)30-11-1-4-16(29-8-11)19-32-31-18(35-19)10-5-13(6-10)36-21(26,27)28/h2-3,7,10-11,13,16,29H,1,4-6,8-9H2,(H,30,33)/t10?,11-,13?,16?/m0/s1. The number of benzene rings is 1. The SMILES string of the molecule is O=C(COc1ccc(C(F)(F)F)c(Cl)c1)N[C@H]1CCC(c2nnc(C3CC(OC(F)(F)F)C3)o2)NC1. The Morgan fingerprint density at radius 2 is 1.86 bits per heavy atom. The Morgan fingerprint density at radius 3 is 2.47 bits per heavy atom. The molecule has 2 atom stereocenters. The molecule has 2 fully saturated rings. The summed E-state index contributed by atoms with van der Waals surface area (Å²) in [7, 11) is 0. The van der Waals surface area contributed by atoms with Crippen LogP contribution in [0.3, 0.4) is 0 Å². The van der Waals surface area contributed by atoms with Gasteiger partial charge in [-0.05, 0) is 43.9 Å². The second-order valence-corrected chi connectivity index (χ2v) is 8.97. The molecule has 198 valence electrons. The number of alkyl halides is 6. The molecule has 4 rings (SSSR count). The van der Waals surface area contributed by atoms with Crippen LogP contribution < -0.4 is 15.4 Å². The van der Waals surface area contributed by atoms with E-state index in [0.717, 1.165) is 18.2 Å². The van der Waals surface area contributed by atoms with E-state index in [0.29, 0.717) is 25.3 Å². The van der Waals surface area contributed by atoms with Crippen molar-refractivity contribution in [3.63, 3.8) is 0 Å². The Balaban J connectivity index is 1.18. The first-order chi connectivity index (χ1) is 16.9. The minimum absolute atomic E-state index is 0.0277. The first kappa shape index (κ1) is 26.5. The zero-order valence-electron chi connectivity index (χ0n) is 18.5. The summed E-state index contributed by atoms with van der Waals surface area (Å²) < 4.78 is 89.9. The van der Waals surface area contributed by atoms with Gasteiger partial charge in [-0.3, -0.25) is 9.53 Å². The summed E-state index contributed by atoms with van der Waals surface area (Å²) in [5.74, 6) is -0.132. The predicted octanol–water partition coefficient (Wildman–Crippen LogP) is 4.51. The summed E-state index contributed by atoms with van der Waals surface area (Å²) in [4.78, 5) is 12.2. The van der Waals surface area contributed by atoms with E-state index in [1.165, 1.54) is 0 Å². The molecule has 1 amide bonds. The van der Waals surface area contributed by atoms with Crippen LogP contribution in [0, 0.1) is 0 Å². The highest BCUT2D eigenvalue weighted by Crippen LogP contribution is 2.41. The molecule has 15 heteroatoms. The third kappa shape index (κ3) is 6.79. The van der Waals surface area contributed by atoms with E-state index in [4.69, 9.17) is 20.8 Å². The lowest BCUT2D eigenvalue weighted by Gasteiger charge is -2.33. The molecule has 1 aromatic carbocycles. The summed E-state index contributed by atoms with van der Waals surface area (Å²) in [5, 5.41) is 13.3. The Bertz CT molecular complexity index is 1070. The number of ether oxygens (including phenoxy) is 2. The highest BCUT2D eigenvalue weighted by Gasteiger charge is 2.43. The average Bonchev–Trinajstić information content (AvgIpc) is 3.23. The second-order valence-electron chi connectivity index (χ2n) is 8.56. The van der Waals surface area contributed by atoms with Crippen LogP contribution in [0.2, 0.25) is 5.02 Å². The molecule has 2 N–H and O–H groups in total. The lowest BCUT2D eigenvalue weighted by atomic mass is 9.82. The van der Waals surface area contributed by atoms with Crippen LogP contribution in [-0.2, 0) is 15.7 Å². The molecule has 1 unspecified atom stereocenters. The zero-order valence-corrected chi connectivity index (χ0v) is 19.2. The Labute approximate surface area is 205 Å². The van der Waals surface area contributed by atoms with Crippen LogP contribution in [0.5, 0.6) is 5.75 Å². The summed E-state index contributed by atoms with van der Waals surface area (Å²) in [6.45, 7) is -0.0275. The highest BCUT2D eigenvalue weighted by molar-refractivity contribution is 6.31. The molecular formula is C21H21ClF6N4O4. The van der Waals surface area contributed by atoms with Gasteiger partial charge in [0.05, 0.1) is 22.7 Å². The van der Waals surface area contributed by atoms with Gasteiger partial charge in [-0.1, -0.05) is 11.6 Å². The number of carbonyl (C=O) groups excluding carboxylic acids is 1. The summed E-state index contributed by atoms with van der Waals surface area (Å²) in [6.07, 6.45) is -8.77. The molecule has 1 saturated heterocycles. The molecule has 0 spiro atoms. The average molecular weight is 543 g/mol. The van der Waals surface area contributed by atoms with Crippen molar-refractivity contribution in [3.8, 4) is 5.75 Å². The van der Waals surface area contributed by atoms with Crippen LogP contribution >= 0.6 is 11.6 Å². The molecule has 1 aliphatic heterocycles. The number of rotatable bonds is 7. The van der Waals surface area contributed by atoms with Crippen molar-refractivity contribution in [2.24, 2.45) is 0 Å². The molecule has 2 aliphatic rings. The fourth-order valence-electron chi connectivity index (χ4n) is 4.03. The van der Waals surface area contributed by atoms with Gasteiger partial charge < -0.3 is 19.8 Å². The number of nitrogens with zero attached hydrogens (tertiary/aromatic N) is 2. The van der Waals surface area contributed by atoms with Gasteiger partial charge in [0, 0.05) is 18.5 Å². The molecule has 2 heterocycles. The predicted molar refractivity (Wildman–Crippen MR) is 111 cm³/mol. The maximum Gasteiger partial charge on any atom is 0.522 e. The number of halogens is 7. The minimum Gasteiger partial charge on any atom is -0.484 e. The number of hydrogen-bond acceptors (Lipinski definition) is 7. The Morgan fingerprint density at radius 1 is 1.14 bits per heavy atom. The Kier molecular flexibility index (Phi) is 7.67. The van der Waals surface area contributed by atoms with Gasteiger partial charge in [0.25, 0.3) is 5.91 Å². The number of carbonyl (C=O) groups is 1. The van der Waals surface area contributed by atoms with E-state index in [1.54, 1.807) is 0 Å². The van der Waals surface area contributed by atoms with Crippen molar-refractivity contribution in [1.82, 2.24) is 20.8 Å². The fraction of sp³-hybridized carbons (Fsp3) is 0.571. The van der Waals surface area contributed by atoms with Crippen molar-refractivity contribution >= 4 is 17.5 Å². The molecule has 36 heavy (non-hydrogen) atoms. The number of nitrogens with one attached hydrogen (secondary N) is 2. The maximum atomic E-state index is 12.8. The molecule has 1 saturated carbocycles. The maximum absolute atomic E-state index is 12.8. The van der Waals surface area contributed by atoms with Gasteiger partial charge in [0.1, 0.15) is 5.75 Å². The van der Waals surface area contributed by atoms with Crippen molar-refractivity contribution in [2.45, 2.75) is 62.3 Å². The van der Waals surface area contributed by atoms with Crippen LogP contribution in [0.15, 0.2) is 22.6 Å². The van der Waals surface area contributed by atoms with Gasteiger partial charge >= 0.3 is 12.5 Å². The van der Waals surface area contributed by atoms with Gasteiger partial charge in [0.2, 0.25) is 11.8 Å². The molecule has 0 radical (unpaired) electrons. The van der Waals surface area contributed by atoms with Crippen molar-refractivity contribution in [3.05, 3.63) is 40.6 Å². The van der Waals surface area contributed by atoms with E-state index in [2.05, 4.69) is 25.6 Å². The summed E-state index contributed by atoms with van der Waals surface area (Å²) in [5.41, 5.74) is -0.996. The number of aromatic nitrogens is 2. The molecule has 1 aromatic heterocycles. The van der Waals surface area contributed by atoms with Crippen molar-refractivity contribution < 1.29 is 45.0 Å². The summed E-state index contributed by atoms with van der Waals surface area (Å²) >= 11 is 5.64. The smallest absolute Gasteiger partial charge is 0.484 e. The highest BCUT2D eigenvalue weighted by atomic mass is 35.5. The fourth-order valence-corrected chi connectivity index (χ4v) is 4.31. The third-order valence-corrected chi connectivity index (χ3v) is 6.21. The van der Waals surface area contributed by atoms with Gasteiger partial charge in [-0.25, -0.2) is 0 Å². The van der Waals surface area contributed by atoms with Gasteiger partial charge in [-0.2, -0.15) is 13.2 Å². The molecule has 0 bridgehead atoms. The molecular weight excluding hydrogens is 522 g/mol. The van der Waals surface area contributed by atoms with Crippen molar-refractivity contribution in [2.75, 3.05) is 13.2 Å². The van der Waals surface area contributed by atoms with Gasteiger partial charge in [0.15, 0.2) is 6.61 Å². The normalized spacial score (nSPS) is 24.8. The topological polar surface area (TPSA) is 98.5 Å². The van der Waals surface area contributed by atoms with Crippen molar-refractivity contribution in [1.29, 1.82) is 0 Å². The van der Waals surface area contributed by atoms with Crippen LogP contribution in [-0.4, -0.2) is 47.8 Å². The van der Waals surface area contributed by atoms with Gasteiger partial charge in [-0.15, -0.1) is 23.4 Å². The number of amides is 1. The third-order valence-electron chi connectivity index (χ3n) is 5.89. The second kappa shape index (κ2) is 10.4. The lowest BCUT2D eigenvalue weighted by Crippen LogP contribution is -2.48. The molecule has 1 aliphatic carbocycles. The monoisotopic (exact) mass is 542 g/mol. The Hall–Kier alpha value is -2.58. The number of hydrogen-bond donors (Lipinski definition) is 2. The van der Waals surface area contributed by atoms with E-state index in [9.17, 15) is 31.1 Å². The first-order valence-electron chi connectivity index (χ1n) is 11.0. The molecule has 8 nitrogen and oxygen atoms in total. The quantitative estimate of drug-likeness (QED) is 0.497. The zero-order chi connectivity index (χ0) is 26.1. The van der Waals surface area contributed by atoms with E-state index in [-0.39, 0.29) is 42.5 Å². The van der Waals surface area contributed by atoms with E-state index in [1.807, 2.05) is 0 Å². The van der Waals surface area contributed by atoms with Crippen LogP contribution in [0.1, 0.15) is 55.0 Å². The van der Waals surface area contributed by atoms with Crippen LogP contribution in [0.25, 0.3) is 0 Å². The van der Waals surface area contributed by atoms with E-state index < -0.39 is 41.7 Å². The molecule has 2 aromatic rings. The van der Waals surface area contributed by atoms with E-state index >= 15 is 0 Å².